The van der Waals surface area contributed by atoms with E-state index in [4.69, 9.17) is 37.0 Å². The summed E-state index contributed by atoms with van der Waals surface area (Å²) >= 11 is 0. The molecule has 0 spiro atoms. The van der Waals surface area contributed by atoms with E-state index >= 15 is 0 Å². The van der Waals surface area contributed by atoms with Crippen LogP contribution in [0.2, 0.25) is 0 Å². The van der Waals surface area contributed by atoms with Gasteiger partial charge in [-0.25, -0.2) is 9.13 Å². The van der Waals surface area contributed by atoms with Crippen LogP contribution in [-0.2, 0) is 65.4 Å². The Morgan fingerprint density at radius 2 is 0.537 bits per heavy atom. The lowest BCUT2D eigenvalue weighted by Gasteiger charge is -2.21. The van der Waals surface area contributed by atoms with Crippen molar-refractivity contribution in [1.82, 2.24) is 0 Å². The van der Waals surface area contributed by atoms with Gasteiger partial charge in [-0.15, -0.1) is 0 Å². The molecule has 0 aliphatic carbocycles. The highest BCUT2D eigenvalue weighted by Crippen LogP contribution is 2.45. The lowest BCUT2D eigenvalue weighted by Crippen LogP contribution is -2.30. The Morgan fingerprint density at radius 1 is 0.305 bits per heavy atom. The second kappa shape index (κ2) is 67.9. The Balaban J connectivity index is 5.22. The van der Waals surface area contributed by atoms with Crippen molar-refractivity contribution in [1.29, 1.82) is 0 Å². The Hall–Kier alpha value is -1.94. The highest BCUT2D eigenvalue weighted by Gasteiger charge is 2.30. The van der Waals surface area contributed by atoms with Crippen LogP contribution in [0.3, 0.4) is 0 Å². The van der Waals surface area contributed by atoms with Crippen LogP contribution < -0.4 is 0 Å². The molecule has 0 aliphatic heterocycles. The third-order valence-electron chi connectivity index (χ3n) is 18.1. The van der Waals surface area contributed by atoms with Crippen LogP contribution in [0.1, 0.15) is 395 Å². The first kappa shape index (κ1) is 93.1. The van der Waals surface area contributed by atoms with Crippen LogP contribution in [0, 0.1) is 11.8 Å². The summed E-state index contributed by atoms with van der Waals surface area (Å²) in [4.78, 5) is 72.8. The molecular formula is C76H148O17P2. The Labute approximate surface area is 581 Å². The molecule has 0 aromatic rings. The van der Waals surface area contributed by atoms with Crippen molar-refractivity contribution in [3.8, 4) is 0 Å². The maximum absolute atomic E-state index is 13.1. The first-order valence-electron chi connectivity index (χ1n) is 39.5. The molecule has 0 amide bonds. The number of esters is 4. The zero-order valence-corrected chi connectivity index (χ0v) is 63.8. The molecule has 0 aromatic heterocycles. The zero-order chi connectivity index (χ0) is 70.0. The second-order valence-electron chi connectivity index (χ2n) is 28.1. The quantitative estimate of drug-likeness (QED) is 0.0222. The van der Waals surface area contributed by atoms with Crippen molar-refractivity contribution in [2.75, 3.05) is 39.6 Å². The van der Waals surface area contributed by atoms with Crippen molar-refractivity contribution in [3.05, 3.63) is 0 Å². The first-order chi connectivity index (χ1) is 45.9. The number of carbonyl (C=O) groups excluding carboxylic acids is 4. The number of phosphoric acid groups is 2. The number of unbranched alkanes of at least 4 members (excludes halogenated alkanes) is 44. The molecule has 3 N–H and O–H groups in total. The summed E-state index contributed by atoms with van der Waals surface area (Å²) in [6.07, 6.45) is 55.6. The number of aliphatic hydroxyl groups is 1. The summed E-state index contributed by atoms with van der Waals surface area (Å²) < 4.78 is 68.5. The van der Waals surface area contributed by atoms with Gasteiger partial charge in [-0.3, -0.25) is 37.3 Å². The van der Waals surface area contributed by atoms with E-state index in [1.807, 2.05) is 0 Å². The van der Waals surface area contributed by atoms with E-state index in [1.54, 1.807) is 0 Å². The average Bonchev–Trinajstić information content (AvgIpc) is 2.03. The minimum atomic E-state index is -4.96. The van der Waals surface area contributed by atoms with Crippen LogP contribution in [0.5, 0.6) is 0 Å². The molecule has 19 heteroatoms. The van der Waals surface area contributed by atoms with Crippen molar-refractivity contribution in [3.63, 3.8) is 0 Å². The van der Waals surface area contributed by atoms with Crippen molar-refractivity contribution in [2.45, 2.75) is 413 Å². The van der Waals surface area contributed by atoms with Gasteiger partial charge in [0.15, 0.2) is 12.2 Å². The molecule has 0 saturated carbocycles. The fourth-order valence-corrected chi connectivity index (χ4v) is 13.2. The van der Waals surface area contributed by atoms with Crippen LogP contribution >= 0.6 is 15.6 Å². The van der Waals surface area contributed by atoms with Gasteiger partial charge in [0, 0.05) is 25.7 Å². The summed E-state index contributed by atoms with van der Waals surface area (Å²) in [6, 6.07) is 0. The lowest BCUT2D eigenvalue weighted by atomic mass is 9.99. The van der Waals surface area contributed by atoms with E-state index in [0.29, 0.717) is 31.6 Å². The fraction of sp³-hybridized carbons (Fsp3) is 0.947. The van der Waals surface area contributed by atoms with E-state index in [1.165, 1.54) is 205 Å². The zero-order valence-electron chi connectivity index (χ0n) is 62.0. The van der Waals surface area contributed by atoms with Gasteiger partial charge in [0.25, 0.3) is 0 Å². The van der Waals surface area contributed by atoms with Gasteiger partial charge >= 0.3 is 39.5 Å². The van der Waals surface area contributed by atoms with Crippen molar-refractivity contribution >= 4 is 39.5 Å². The lowest BCUT2D eigenvalue weighted by molar-refractivity contribution is -0.161. The van der Waals surface area contributed by atoms with Gasteiger partial charge in [0.05, 0.1) is 26.4 Å². The number of hydrogen-bond donors (Lipinski definition) is 3. The SMILES string of the molecule is CCCCCCCCCCCCCCCCCCCCCC(=O)O[C@H](COC(=O)CCCCCCCCCCCCC(C)CC)COP(=O)(O)OC[C@@H](O)COP(=O)(O)OC[C@@H](COC(=O)CCCCCCCCC(C)C)OC(=O)CCCCCCCCCCCCCCC. The maximum atomic E-state index is 13.1. The highest BCUT2D eigenvalue weighted by molar-refractivity contribution is 7.47. The van der Waals surface area contributed by atoms with E-state index in [0.717, 1.165) is 102 Å². The largest absolute Gasteiger partial charge is 0.472 e. The molecule has 0 saturated heterocycles. The predicted octanol–water partition coefficient (Wildman–Crippen LogP) is 22.3. The smallest absolute Gasteiger partial charge is 0.462 e. The summed E-state index contributed by atoms with van der Waals surface area (Å²) in [7, 11) is -9.91. The molecule has 95 heavy (non-hydrogen) atoms. The fourth-order valence-electron chi connectivity index (χ4n) is 11.6. The number of ether oxygens (including phenoxy) is 4. The molecule has 0 heterocycles. The Morgan fingerprint density at radius 3 is 0.800 bits per heavy atom. The van der Waals surface area contributed by atoms with Crippen molar-refractivity contribution < 1.29 is 80.2 Å². The molecule has 17 nitrogen and oxygen atoms in total. The molecule has 0 bridgehead atoms. The minimum absolute atomic E-state index is 0.107. The van der Waals surface area contributed by atoms with E-state index < -0.39 is 97.5 Å². The maximum Gasteiger partial charge on any atom is 0.472 e. The molecule has 564 valence electrons. The van der Waals surface area contributed by atoms with Gasteiger partial charge in [0.1, 0.15) is 19.3 Å². The number of rotatable bonds is 75. The van der Waals surface area contributed by atoms with Crippen LogP contribution in [-0.4, -0.2) is 96.7 Å². The average molecular weight is 1400 g/mol. The Bertz CT molecular complexity index is 1840. The number of carbonyl (C=O) groups is 4. The summed E-state index contributed by atoms with van der Waals surface area (Å²) in [6.45, 7) is 9.54. The third kappa shape index (κ3) is 69.0. The molecule has 3 unspecified atom stereocenters. The summed E-state index contributed by atoms with van der Waals surface area (Å²) in [5, 5.41) is 10.6. The molecule has 0 aromatic carbocycles. The van der Waals surface area contributed by atoms with Crippen LogP contribution in [0.25, 0.3) is 0 Å². The molecule has 0 fully saturated rings. The molecule has 0 radical (unpaired) electrons. The first-order valence-corrected chi connectivity index (χ1v) is 42.5. The topological polar surface area (TPSA) is 237 Å². The molecule has 0 aliphatic rings. The van der Waals surface area contributed by atoms with Gasteiger partial charge < -0.3 is 33.8 Å². The molecule has 6 atom stereocenters. The Kier molecular flexibility index (Phi) is 66.5. The van der Waals surface area contributed by atoms with E-state index in [-0.39, 0.29) is 25.7 Å². The van der Waals surface area contributed by atoms with Gasteiger partial charge in [0.2, 0.25) is 0 Å². The van der Waals surface area contributed by atoms with Crippen LogP contribution in [0.15, 0.2) is 0 Å². The number of aliphatic hydroxyl groups excluding tert-OH is 1. The van der Waals surface area contributed by atoms with E-state index in [2.05, 4.69) is 41.5 Å². The monoisotopic (exact) mass is 1400 g/mol. The summed E-state index contributed by atoms with van der Waals surface area (Å²) in [5.41, 5.74) is 0. The molecule has 0 rings (SSSR count). The minimum Gasteiger partial charge on any atom is -0.462 e. The third-order valence-corrected chi connectivity index (χ3v) is 20.0. The van der Waals surface area contributed by atoms with E-state index in [9.17, 15) is 43.2 Å². The summed E-state index contributed by atoms with van der Waals surface area (Å²) in [5.74, 6) is -0.628. The number of hydrogen-bond acceptors (Lipinski definition) is 15. The normalized spacial score (nSPS) is 14.3. The highest BCUT2D eigenvalue weighted by atomic mass is 31.2. The van der Waals surface area contributed by atoms with Crippen molar-refractivity contribution in [2.24, 2.45) is 11.8 Å². The van der Waals surface area contributed by atoms with Crippen LogP contribution in [0.4, 0.5) is 0 Å². The second-order valence-corrected chi connectivity index (χ2v) is 31.0. The number of phosphoric ester groups is 2. The predicted molar refractivity (Wildman–Crippen MR) is 386 cm³/mol. The van der Waals surface area contributed by atoms with Gasteiger partial charge in [-0.1, -0.05) is 343 Å². The molecular weight excluding hydrogens is 1250 g/mol. The van der Waals surface area contributed by atoms with Gasteiger partial charge in [-0.2, -0.15) is 0 Å². The standard InChI is InChI=1S/C76H148O17P2/c1-7-10-12-14-16-18-20-22-23-24-25-26-27-29-31-37-41-49-55-61-75(80)92-71(64-86-73(78)58-52-46-39-35-33-32-34-38-45-51-57-69(6)9-3)66-90-94(82,83)88-62-70(77)63-89-95(84,85)91-67-72(65-87-74(79)59-53-47-43-42-44-50-56-68(4)5)93-76(81)60-54-48-40-36-30-28-21-19-17-15-13-11-8-2/h68-72,77H,7-67H2,1-6H3,(H,82,83)(H,84,85)/t69?,70-,71-,72-/m1/s1. The van der Waals surface area contributed by atoms with Gasteiger partial charge in [-0.05, 0) is 37.5 Å².